The predicted octanol–water partition coefficient (Wildman–Crippen LogP) is 1.60. The highest BCUT2D eigenvalue weighted by Gasteiger charge is 2.05. The summed E-state index contributed by atoms with van der Waals surface area (Å²) in [5, 5.41) is 14.2. The Bertz CT molecular complexity index is 402. The zero-order valence-corrected chi connectivity index (χ0v) is 8.11. The normalized spacial score (nSPS) is 10.3. The standard InChI is InChI=1S/C9H8N2O2S/c12-11-6-8(10-13-11)7-14-9-4-2-1-3-5-9/h1-6H,7H2. The maximum Gasteiger partial charge on any atom is 0.228 e. The Morgan fingerprint density at radius 3 is 2.79 bits per heavy atom. The molecule has 0 bridgehead atoms. The molecule has 1 aromatic heterocycles. The summed E-state index contributed by atoms with van der Waals surface area (Å²) in [6.45, 7) is 0. The van der Waals surface area contributed by atoms with E-state index in [1.165, 1.54) is 6.20 Å². The van der Waals surface area contributed by atoms with Gasteiger partial charge in [-0.3, -0.25) is 4.63 Å². The summed E-state index contributed by atoms with van der Waals surface area (Å²) < 4.78 is 4.35. The van der Waals surface area contributed by atoms with Crippen LogP contribution in [0.5, 0.6) is 0 Å². The van der Waals surface area contributed by atoms with E-state index < -0.39 is 0 Å². The van der Waals surface area contributed by atoms with Crippen molar-refractivity contribution < 1.29 is 9.53 Å². The molecule has 4 nitrogen and oxygen atoms in total. The number of benzene rings is 1. The summed E-state index contributed by atoms with van der Waals surface area (Å²) in [6.07, 6.45) is 1.33. The Morgan fingerprint density at radius 2 is 2.14 bits per heavy atom. The van der Waals surface area contributed by atoms with E-state index in [2.05, 4.69) is 9.79 Å². The molecule has 2 rings (SSSR count). The molecule has 0 aliphatic rings. The van der Waals surface area contributed by atoms with Gasteiger partial charge in [-0.2, -0.15) is 0 Å². The van der Waals surface area contributed by atoms with Gasteiger partial charge in [0.05, 0.1) is 5.75 Å². The third-order valence-electron chi connectivity index (χ3n) is 1.62. The lowest BCUT2D eigenvalue weighted by Crippen LogP contribution is -2.20. The number of aromatic nitrogens is 2. The van der Waals surface area contributed by atoms with Crippen molar-refractivity contribution >= 4 is 11.8 Å². The summed E-state index contributed by atoms with van der Waals surface area (Å²) in [5.74, 6) is 0.642. The van der Waals surface area contributed by atoms with Crippen LogP contribution in [0.25, 0.3) is 0 Å². The van der Waals surface area contributed by atoms with Crippen LogP contribution in [0.4, 0.5) is 0 Å². The molecule has 0 unspecified atom stereocenters. The maximum absolute atomic E-state index is 10.6. The lowest BCUT2D eigenvalue weighted by Gasteiger charge is -1.94. The molecule has 0 saturated carbocycles. The molecule has 2 aromatic rings. The molecule has 72 valence electrons. The summed E-state index contributed by atoms with van der Waals surface area (Å²) in [7, 11) is 0. The predicted molar refractivity (Wildman–Crippen MR) is 51.5 cm³/mol. The summed E-state index contributed by atoms with van der Waals surface area (Å²) >= 11 is 1.61. The number of thioether (sulfide) groups is 1. The molecule has 0 spiro atoms. The topological polar surface area (TPSA) is 53.0 Å². The summed E-state index contributed by atoms with van der Waals surface area (Å²) in [6, 6.07) is 9.93. The van der Waals surface area contributed by atoms with Gasteiger partial charge < -0.3 is 5.21 Å². The Balaban J connectivity index is 1.95. The molecule has 1 heterocycles. The Labute approximate surface area is 85.1 Å². The molecule has 0 fully saturated rings. The fraction of sp³-hybridized carbons (Fsp3) is 0.111. The Hall–Kier alpha value is -1.49. The van der Waals surface area contributed by atoms with Gasteiger partial charge in [0, 0.05) is 10.1 Å². The van der Waals surface area contributed by atoms with Crippen molar-refractivity contribution in [1.82, 2.24) is 5.16 Å². The van der Waals surface area contributed by atoms with Crippen molar-refractivity contribution in [3.63, 3.8) is 0 Å². The van der Waals surface area contributed by atoms with E-state index in [9.17, 15) is 5.21 Å². The van der Waals surface area contributed by atoms with Crippen LogP contribution in [0.3, 0.4) is 0 Å². The van der Waals surface area contributed by atoms with E-state index >= 15 is 0 Å². The van der Waals surface area contributed by atoms with Gasteiger partial charge >= 0.3 is 0 Å². The van der Waals surface area contributed by atoms with Crippen LogP contribution < -0.4 is 4.90 Å². The molecule has 0 radical (unpaired) electrons. The summed E-state index contributed by atoms with van der Waals surface area (Å²) in [4.78, 5) is 1.49. The van der Waals surface area contributed by atoms with Crippen molar-refractivity contribution in [3.8, 4) is 0 Å². The van der Waals surface area contributed by atoms with Crippen molar-refractivity contribution in [1.29, 1.82) is 0 Å². The second-order valence-corrected chi connectivity index (χ2v) is 3.73. The molecule has 0 N–H and O–H groups in total. The Kier molecular flexibility index (Phi) is 2.69. The third kappa shape index (κ3) is 2.26. The first kappa shape index (κ1) is 9.08. The monoisotopic (exact) mass is 208 g/mol. The van der Waals surface area contributed by atoms with Crippen LogP contribution in [0.15, 0.2) is 46.1 Å². The molecule has 0 amide bonds. The zero-order chi connectivity index (χ0) is 9.80. The third-order valence-corrected chi connectivity index (χ3v) is 2.67. The number of nitrogens with zero attached hydrogens (tertiary/aromatic N) is 2. The fourth-order valence-corrected chi connectivity index (χ4v) is 1.79. The highest BCUT2D eigenvalue weighted by atomic mass is 32.2. The van der Waals surface area contributed by atoms with Gasteiger partial charge in [-0.05, 0) is 17.0 Å². The first-order chi connectivity index (χ1) is 6.84. The molecule has 0 aliphatic carbocycles. The van der Waals surface area contributed by atoms with Crippen LogP contribution in [0.2, 0.25) is 0 Å². The molecule has 1 aromatic carbocycles. The highest BCUT2D eigenvalue weighted by Crippen LogP contribution is 2.20. The first-order valence-electron chi connectivity index (χ1n) is 4.08. The lowest BCUT2D eigenvalue weighted by molar-refractivity contribution is -0.802. The van der Waals surface area contributed by atoms with Gasteiger partial charge in [-0.15, -0.1) is 11.8 Å². The maximum atomic E-state index is 10.6. The molecular weight excluding hydrogens is 200 g/mol. The van der Waals surface area contributed by atoms with Gasteiger partial charge in [-0.1, -0.05) is 18.2 Å². The van der Waals surface area contributed by atoms with Crippen LogP contribution in [-0.2, 0) is 5.75 Å². The van der Waals surface area contributed by atoms with E-state index in [0.717, 1.165) is 4.90 Å². The number of hydrogen-bond acceptors (Lipinski definition) is 4. The van der Waals surface area contributed by atoms with Crippen LogP contribution in [-0.4, -0.2) is 5.16 Å². The SMILES string of the molecule is [O-][n+]1cc(CSc2ccccc2)no1. The largest absolute Gasteiger partial charge is 0.360 e. The molecular formula is C9H8N2O2S. The van der Waals surface area contributed by atoms with E-state index in [1.807, 2.05) is 30.3 Å². The van der Waals surface area contributed by atoms with Crippen molar-refractivity contribution in [3.05, 3.63) is 47.4 Å². The molecule has 5 heteroatoms. The average Bonchev–Trinajstić information content (AvgIpc) is 2.63. The minimum Gasteiger partial charge on any atom is -0.360 e. The molecule has 0 aliphatic heterocycles. The fourth-order valence-electron chi connectivity index (χ4n) is 0.999. The highest BCUT2D eigenvalue weighted by molar-refractivity contribution is 7.98. The van der Waals surface area contributed by atoms with Gasteiger partial charge in [0.25, 0.3) is 0 Å². The quantitative estimate of drug-likeness (QED) is 0.568. The minimum atomic E-state index is 0.348. The van der Waals surface area contributed by atoms with Gasteiger partial charge in [-0.25, -0.2) is 0 Å². The number of rotatable bonds is 3. The van der Waals surface area contributed by atoms with E-state index in [4.69, 9.17) is 0 Å². The van der Waals surface area contributed by atoms with E-state index in [1.54, 1.807) is 11.8 Å². The van der Waals surface area contributed by atoms with Gasteiger partial charge in [0.1, 0.15) is 0 Å². The lowest BCUT2D eigenvalue weighted by atomic mass is 10.4. The van der Waals surface area contributed by atoms with Crippen molar-refractivity contribution in [2.75, 3.05) is 0 Å². The minimum absolute atomic E-state index is 0.348. The molecule has 0 saturated heterocycles. The van der Waals surface area contributed by atoms with Crippen LogP contribution in [0.1, 0.15) is 5.69 Å². The average molecular weight is 208 g/mol. The van der Waals surface area contributed by atoms with Crippen LogP contribution in [0, 0.1) is 5.21 Å². The van der Waals surface area contributed by atoms with E-state index in [-0.39, 0.29) is 0 Å². The van der Waals surface area contributed by atoms with Gasteiger partial charge in [0.2, 0.25) is 5.69 Å². The molecule has 0 atom stereocenters. The van der Waals surface area contributed by atoms with Crippen molar-refractivity contribution in [2.24, 2.45) is 0 Å². The summed E-state index contributed by atoms with van der Waals surface area (Å²) in [5.41, 5.74) is 0.647. The number of hydrogen-bond donors (Lipinski definition) is 0. The van der Waals surface area contributed by atoms with Crippen LogP contribution >= 0.6 is 11.8 Å². The molecule has 14 heavy (non-hydrogen) atoms. The van der Waals surface area contributed by atoms with Gasteiger partial charge in [0.15, 0.2) is 6.20 Å². The van der Waals surface area contributed by atoms with Crippen molar-refractivity contribution in [2.45, 2.75) is 10.6 Å². The zero-order valence-electron chi connectivity index (χ0n) is 7.29. The Morgan fingerprint density at radius 1 is 1.36 bits per heavy atom. The van der Waals surface area contributed by atoms with E-state index in [0.29, 0.717) is 16.3 Å². The smallest absolute Gasteiger partial charge is 0.228 e. The second kappa shape index (κ2) is 4.15. The first-order valence-corrected chi connectivity index (χ1v) is 5.06. The second-order valence-electron chi connectivity index (χ2n) is 2.68.